The van der Waals surface area contributed by atoms with Crippen LogP contribution in [0.3, 0.4) is 0 Å². The van der Waals surface area contributed by atoms with E-state index in [1.165, 1.54) is 5.70 Å². The number of nitrogens with zero attached hydrogens (tertiary/aromatic N) is 2. The van der Waals surface area contributed by atoms with E-state index in [9.17, 15) is 0 Å². The van der Waals surface area contributed by atoms with E-state index >= 15 is 0 Å². The van der Waals surface area contributed by atoms with Crippen molar-refractivity contribution in [3.8, 4) is 0 Å². The first kappa shape index (κ1) is 18.2. The summed E-state index contributed by atoms with van der Waals surface area (Å²) in [7, 11) is 0. The summed E-state index contributed by atoms with van der Waals surface area (Å²) in [5, 5.41) is 3.47. The molecule has 142 valence electrons. The molecule has 0 fully saturated rings. The Labute approximate surface area is 166 Å². The Morgan fingerprint density at radius 3 is 2.36 bits per heavy atom. The Bertz CT molecular complexity index is 912. The molecule has 0 radical (unpaired) electrons. The van der Waals surface area contributed by atoms with E-state index in [-0.39, 0.29) is 6.04 Å². The lowest BCUT2D eigenvalue weighted by Crippen LogP contribution is -2.15. The molecule has 3 N–H and O–H groups in total. The molecule has 0 heterocycles. The van der Waals surface area contributed by atoms with E-state index in [1.54, 1.807) is 0 Å². The van der Waals surface area contributed by atoms with Gasteiger partial charge in [-0.3, -0.25) is 9.98 Å². The molecular formula is C24H26N4. The van der Waals surface area contributed by atoms with Crippen LogP contribution in [0, 0.1) is 0 Å². The molecule has 0 aromatic rings. The highest BCUT2D eigenvalue weighted by Gasteiger charge is 2.10. The van der Waals surface area contributed by atoms with Crippen LogP contribution < -0.4 is 11.1 Å². The van der Waals surface area contributed by atoms with E-state index in [1.807, 2.05) is 36.5 Å². The highest BCUT2D eigenvalue weighted by Crippen LogP contribution is 2.18. The number of hydrogen-bond acceptors (Lipinski definition) is 4. The van der Waals surface area contributed by atoms with Crippen molar-refractivity contribution in [2.24, 2.45) is 15.7 Å². The molecule has 0 aliphatic heterocycles. The predicted molar refractivity (Wildman–Crippen MR) is 118 cm³/mol. The van der Waals surface area contributed by atoms with Gasteiger partial charge < -0.3 is 11.1 Å². The third kappa shape index (κ3) is 4.97. The summed E-state index contributed by atoms with van der Waals surface area (Å²) in [4.78, 5) is 9.51. The average molecular weight is 371 g/mol. The van der Waals surface area contributed by atoms with Gasteiger partial charge in [0.1, 0.15) is 0 Å². The van der Waals surface area contributed by atoms with Crippen LogP contribution in [-0.2, 0) is 0 Å². The normalized spacial score (nSPS) is 23.6. The standard InChI is InChI=1S/C24H26N4/c25-18-6-8-20(9-7-18)27-22-14-16-24(17-15-22)28-23-12-10-21(11-13-23)26-19-4-2-1-3-5-19/h2,4-6,8,10-12,14-17,23,26H,1,3,7,9,13,25H2. The van der Waals surface area contributed by atoms with E-state index in [0.29, 0.717) is 0 Å². The number of nitrogens with two attached hydrogens (primary N) is 1. The van der Waals surface area contributed by atoms with Gasteiger partial charge in [-0.05, 0) is 80.7 Å². The molecule has 0 spiro atoms. The second kappa shape index (κ2) is 8.70. The van der Waals surface area contributed by atoms with Crippen LogP contribution in [0.4, 0.5) is 0 Å². The van der Waals surface area contributed by atoms with Crippen molar-refractivity contribution < 1.29 is 0 Å². The third-order valence-electron chi connectivity index (χ3n) is 4.96. The Morgan fingerprint density at radius 1 is 0.857 bits per heavy atom. The highest BCUT2D eigenvalue weighted by atomic mass is 14.9. The summed E-state index contributed by atoms with van der Waals surface area (Å²) in [6.07, 6.45) is 30.1. The molecule has 4 nitrogen and oxygen atoms in total. The molecule has 4 aliphatic rings. The Morgan fingerprint density at radius 2 is 1.68 bits per heavy atom. The highest BCUT2D eigenvalue weighted by molar-refractivity contribution is 6.18. The number of nitrogens with one attached hydrogen (secondary N) is 1. The molecular weight excluding hydrogens is 344 g/mol. The van der Waals surface area contributed by atoms with Crippen LogP contribution in [0.15, 0.2) is 106 Å². The van der Waals surface area contributed by atoms with Gasteiger partial charge in [-0.1, -0.05) is 24.3 Å². The number of hydrogen-bond donors (Lipinski definition) is 2. The molecule has 1 atom stereocenters. The second-order valence-corrected chi connectivity index (χ2v) is 7.24. The fraction of sp³-hybridized carbons (Fsp3) is 0.250. The second-order valence-electron chi connectivity index (χ2n) is 7.24. The molecule has 4 aliphatic carbocycles. The van der Waals surface area contributed by atoms with Crippen molar-refractivity contribution in [1.82, 2.24) is 5.32 Å². The largest absolute Gasteiger partial charge is 0.402 e. The van der Waals surface area contributed by atoms with Crippen molar-refractivity contribution in [3.63, 3.8) is 0 Å². The lowest BCUT2D eigenvalue weighted by molar-refractivity contribution is 0.806. The Kier molecular flexibility index (Phi) is 5.66. The molecule has 0 amide bonds. The van der Waals surface area contributed by atoms with E-state index in [2.05, 4.69) is 46.8 Å². The quantitative estimate of drug-likeness (QED) is 0.713. The summed E-state index contributed by atoms with van der Waals surface area (Å²) in [5.41, 5.74) is 12.1. The van der Waals surface area contributed by atoms with Gasteiger partial charge in [0.05, 0.1) is 17.5 Å². The van der Waals surface area contributed by atoms with Gasteiger partial charge in [-0.15, -0.1) is 0 Å². The number of aliphatic imine (C=N–C) groups is 2. The first-order valence-corrected chi connectivity index (χ1v) is 9.94. The van der Waals surface area contributed by atoms with Crippen molar-refractivity contribution in [3.05, 3.63) is 95.7 Å². The molecule has 0 aromatic carbocycles. The first-order chi connectivity index (χ1) is 13.7. The minimum atomic E-state index is 0.179. The summed E-state index contributed by atoms with van der Waals surface area (Å²) in [6.45, 7) is 0. The molecule has 4 rings (SSSR count). The summed E-state index contributed by atoms with van der Waals surface area (Å²) < 4.78 is 0. The van der Waals surface area contributed by atoms with Gasteiger partial charge in [0, 0.05) is 22.8 Å². The van der Waals surface area contributed by atoms with E-state index in [0.717, 1.165) is 60.6 Å². The zero-order chi connectivity index (χ0) is 19.2. The van der Waals surface area contributed by atoms with Crippen LogP contribution in [0.1, 0.15) is 32.1 Å². The van der Waals surface area contributed by atoms with E-state index in [4.69, 9.17) is 10.7 Å². The molecule has 0 saturated heterocycles. The van der Waals surface area contributed by atoms with E-state index < -0.39 is 0 Å². The minimum Gasteiger partial charge on any atom is -0.402 e. The van der Waals surface area contributed by atoms with Gasteiger partial charge in [-0.25, -0.2) is 0 Å². The van der Waals surface area contributed by atoms with Gasteiger partial charge in [0.15, 0.2) is 0 Å². The average Bonchev–Trinajstić information content (AvgIpc) is 2.73. The predicted octanol–water partition coefficient (Wildman–Crippen LogP) is 4.55. The smallest absolute Gasteiger partial charge is 0.0726 e. The molecule has 4 heteroatoms. The van der Waals surface area contributed by atoms with Crippen molar-refractivity contribution in [2.45, 2.75) is 38.1 Å². The van der Waals surface area contributed by atoms with Gasteiger partial charge in [-0.2, -0.15) is 0 Å². The van der Waals surface area contributed by atoms with Crippen LogP contribution in [0.25, 0.3) is 0 Å². The summed E-state index contributed by atoms with van der Waals surface area (Å²) >= 11 is 0. The fourth-order valence-electron chi connectivity index (χ4n) is 3.38. The molecule has 0 bridgehead atoms. The monoisotopic (exact) mass is 370 g/mol. The molecule has 28 heavy (non-hydrogen) atoms. The van der Waals surface area contributed by atoms with Crippen LogP contribution in [-0.4, -0.2) is 17.5 Å². The Balaban J connectivity index is 1.33. The zero-order valence-corrected chi connectivity index (χ0v) is 16.0. The van der Waals surface area contributed by atoms with Gasteiger partial charge in [0.25, 0.3) is 0 Å². The third-order valence-corrected chi connectivity index (χ3v) is 4.96. The first-order valence-electron chi connectivity index (χ1n) is 9.94. The lowest BCUT2D eigenvalue weighted by atomic mass is 10.1. The summed E-state index contributed by atoms with van der Waals surface area (Å²) in [6, 6.07) is 0.179. The molecule has 0 saturated carbocycles. The fourth-order valence-corrected chi connectivity index (χ4v) is 3.38. The number of allylic oxidation sites excluding steroid dienone is 12. The Hall–Kier alpha value is -3.14. The van der Waals surface area contributed by atoms with Crippen LogP contribution >= 0.6 is 0 Å². The maximum atomic E-state index is 5.80. The van der Waals surface area contributed by atoms with Gasteiger partial charge >= 0.3 is 0 Å². The molecule has 0 aromatic heterocycles. The van der Waals surface area contributed by atoms with Gasteiger partial charge in [0.2, 0.25) is 0 Å². The maximum Gasteiger partial charge on any atom is 0.0726 e. The van der Waals surface area contributed by atoms with Crippen molar-refractivity contribution in [1.29, 1.82) is 0 Å². The maximum absolute atomic E-state index is 5.80. The van der Waals surface area contributed by atoms with Crippen LogP contribution in [0.5, 0.6) is 0 Å². The zero-order valence-electron chi connectivity index (χ0n) is 16.0. The topological polar surface area (TPSA) is 62.8 Å². The summed E-state index contributed by atoms with van der Waals surface area (Å²) in [5.74, 6) is 0. The molecule has 1 unspecified atom stereocenters. The van der Waals surface area contributed by atoms with Crippen LogP contribution in [0.2, 0.25) is 0 Å². The number of rotatable bonds is 4. The van der Waals surface area contributed by atoms with Crippen molar-refractivity contribution >= 4 is 11.4 Å². The lowest BCUT2D eigenvalue weighted by Gasteiger charge is -2.17. The minimum absolute atomic E-state index is 0.179. The van der Waals surface area contributed by atoms with Crippen molar-refractivity contribution in [2.75, 3.05) is 0 Å². The SMILES string of the molecule is NC1=CC=C(N=C2C=CC(=NC3C=CC(NC4=CCCC=C4)=CC3)C=C2)CC1.